The second-order valence-electron chi connectivity index (χ2n) is 6.87. The molecule has 23 heavy (non-hydrogen) atoms. The van der Waals surface area contributed by atoms with Gasteiger partial charge in [-0.25, -0.2) is 9.97 Å². The van der Waals surface area contributed by atoms with Crippen LogP contribution in [0.4, 0.5) is 5.82 Å². The van der Waals surface area contributed by atoms with Gasteiger partial charge in [-0.1, -0.05) is 33.1 Å². The summed E-state index contributed by atoms with van der Waals surface area (Å²) in [6.45, 7) is 4.65. The Morgan fingerprint density at radius 1 is 1.22 bits per heavy atom. The Morgan fingerprint density at radius 2 is 2.00 bits per heavy atom. The zero-order valence-electron chi connectivity index (χ0n) is 13.9. The summed E-state index contributed by atoms with van der Waals surface area (Å²) in [5, 5.41) is 16.6. The molecule has 126 valence electrons. The van der Waals surface area contributed by atoms with Crippen molar-refractivity contribution < 1.29 is 9.90 Å². The minimum atomic E-state index is -0.358. The maximum atomic E-state index is 12.1. The molecule has 0 spiro atoms. The van der Waals surface area contributed by atoms with E-state index in [4.69, 9.17) is 0 Å². The lowest BCUT2D eigenvalue weighted by Crippen LogP contribution is -2.37. The van der Waals surface area contributed by atoms with Crippen LogP contribution in [0.3, 0.4) is 0 Å². The van der Waals surface area contributed by atoms with Gasteiger partial charge in [0, 0.05) is 18.0 Å². The Kier molecular flexibility index (Phi) is 4.80. The van der Waals surface area contributed by atoms with Crippen LogP contribution >= 0.6 is 0 Å². The number of nitrogens with one attached hydrogen (secondary N) is 2. The minimum Gasteiger partial charge on any atom is -0.391 e. The Labute approximate surface area is 137 Å². The number of amides is 1. The Balaban J connectivity index is 1.95. The smallest absolute Gasteiger partial charge is 0.270 e. The zero-order valence-corrected chi connectivity index (χ0v) is 13.9. The van der Waals surface area contributed by atoms with Crippen LogP contribution in [0.15, 0.2) is 0 Å². The van der Waals surface area contributed by atoms with Crippen LogP contribution < -0.4 is 10.6 Å². The summed E-state index contributed by atoms with van der Waals surface area (Å²) in [7, 11) is 0. The van der Waals surface area contributed by atoms with Gasteiger partial charge in [0.2, 0.25) is 0 Å². The van der Waals surface area contributed by atoms with Gasteiger partial charge in [0.05, 0.1) is 12.1 Å². The van der Waals surface area contributed by atoms with Crippen molar-refractivity contribution in [1.82, 2.24) is 15.3 Å². The molecule has 0 aromatic carbocycles. The number of aliphatic hydroxyl groups excluding tert-OH is 1. The van der Waals surface area contributed by atoms with Crippen LogP contribution in [-0.4, -0.2) is 39.7 Å². The third-order valence-electron chi connectivity index (χ3n) is 4.72. The first-order valence-electron chi connectivity index (χ1n) is 8.70. The number of anilines is 1. The van der Waals surface area contributed by atoms with Gasteiger partial charge in [-0.15, -0.1) is 0 Å². The van der Waals surface area contributed by atoms with E-state index >= 15 is 0 Å². The second-order valence-corrected chi connectivity index (χ2v) is 6.87. The monoisotopic (exact) mass is 318 g/mol. The number of nitrogens with zero attached hydrogens (tertiary/aromatic N) is 2. The summed E-state index contributed by atoms with van der Waals surface area (Å²) in [5.41, 5.74) is 1.37. The average molecular weight is 318 g/mol. The normalized spacial score (nSPS) is 24.8. The number of aliphatic hydroxyl groups is 1. The predicted molar refractivity (Wildman–Crippen MR) is 88.7 cm³/mol. The predicted octanol–water partition coefficient (Wildman–Crippen LogP) is 1.99. The average Bonchev–Trinajstić information content (AvgIpc) is 2.73. The quantitative estimate of drug-likeness (QED) is 0.742. The molecular weight excluding hydrogens is 292 g/mol. The van der Waals surface area contributed by atoms with Crippen molar-refractivity contribution in [2.45, 2.75) is 70.4 Å². The molecule has 1 aliphatic heterocycles. The topological polar surface area (TPSA) is 87.1 Å². The first-order valence-corrected chi connectivity index (χ1v) is 8.70. The van der Waals surface area contributed by atoms with Crippen molar-refractivity contribution in [2.24, 2.45) is 0 Å². The van der Waals surface area contributed by atoms with Gasteiger partial charge >= 0.3 is 0 Å². The molecule has 2 heterocycles. The van der Waals surface area contributed by atoms with Crippen molar-refractivity contribution >= 4 is 11.7 Å². The standard InChI is InChI=1S/C17H26N4O2/c1-10(2)15-20-14-11(8-9-18-17(14)23)16(21-15)19-12-6-4-3-5-7-13(12)22/h10,12-13,22H,3-9H2,1-2H3,(H,18,23)(H,19,20,21)/t12-,13-/m1/s1. The van der Waals surface area contributed by atoms with E-state index in [2.05, 4.69) is 20.6 Å². The molecule has 1 fully saturated rings. The highest BCUT2D eigenvalue weighted by atomic mass is 16.3. The van der Waals surface area contributed by atoms with Gasteiger partial charge in [0.1, 0.15) is 17.3 Å². The van der Waals surface area contributed by atoms with Gasteiger partial charge in [0.25, 0.3) is 5.91 Å². The van der Waals surface area contributed by atoms with E-state index in [9.17, 15) is 9.90 Å². The third-order valence-corrected chi connectivity index (χ3v) is 4.72. The van der Waals surface area contributed by atoms with Crippen molar-refractivity contribution in [3.8, 4) is 0 Å². The number of hydrogen-bond acceptors (Lipinski definition) is 5. The SMILES string of the molecule is CC(C)c1nc(N[C@@H]2CCCCC[C@H]2O)c2c(n1)C(=O)NCC2. The number of carbonyl (C=O) groups is 1. The molecule has 3 N–H and O–H groups in total. The van der Waals surface area contributed by atoms with Crippen LogP contribution in [0.1, 0.15) is 73.7 Å². The molecule has 1 aromatic rings. The highest BCUT2D eigenvalue weighted by molar-refractivity contribution is 5.96. The fourth-order valence-electron chi connectivity index (χ4n) is 3.32. The van der Waals surface area contributed by atoms with Crippen molar-refractivity contribution in [3.63, 3.8) is 0 Å². The zero-order chi connectivity index (χ0) is 16.4. The number of aromatic nitrogens is 2. The van der Waals surface area contributed by atoms with E-state index in [1.165, 1.54) is 0 Å². The lowest BCUT2D eigenvalue weighted by molar-refractivity contribution is 0.0940. The van der Waals surface area contributed by atoms with Gasteiger partial charge in [-0.3, -0.25) is 4.79 Å². The van der Waals surface area contributed by atoms with E-state index in [0.717, 1.165) is 49.9 Å². The molecule has 6 heteroatoms. The lowest BCUT2D eigenvalue weighted by atomic mass is 10.0. The third kappa shape index (κ3) is 3.47. The van der Waals surface area contributed by atoms with Gasteiger partial charge in [-0.05, 0) is 19.3 Å². The van der Waals surface area contributed by atoms with E-state index in [-0.39, 0.29) is 24.0 Å². The fourth-order valence-corrected chi connectivity index (χ4v) is 3.32. The number of rotatable bonds is 3. The number of fused-ring (bicyclic) bond motifs is 1. The molecule has 1 aromatic heterocycles. The largest absolute Gasteiger partial charge is 0.391 e. The molecule has 0 radical (unpaired) electrons. The summed E-state index contributed by atoms with van der Waals surface area (Å²) in [6, 6.07) is 0.00139. The summed E-state index contributed by atoms with van der Waals surface area (Å²) in [4.78, 5) is 21.3. The van der Waals surface area contributed by atoms with Crippen molar-refractivity contribution in [2.75, 3.05) is 11.9 Å². The van der Waals surface area contributed by atoms with Crippen LogP contribution in [0, 0.1) is 0 Å². The van der Waals surface area contributed by atoms with Crippen LogP contribution in [0.2, 0.25) is 0 Å². The Bertz CT molecular complexity index is 588. The minimum absolute atomic E-state index is 0.00139. The van der Waals surface area contributed by atoms with E-state index < -0.39 is 0 Å². The fraction of sp³-hybridized carbons (Fsp3) is 0.706. The van der Waals surface area contributed by atoms with E-state index in [0.29, 0.717) is 18.1 Å². The molecule has 0 unspecified atom stereocenters. The van der Waals surface area contributed by atoms with Crippen LogP contribution in [0.5, 0.6) is 0 Å². The highest BCUT2D eigenvalue weighted by Crippen LogP contribution is 2.27. The molecule has 3 rings (SSSR count). The molecule has 0 bridgehead atoms. The lowest BCUT2D eigenvalue weighted by Gasteiger charge is -2.26. The summed E-state index contributed by atoms with van der Waals surface area (Å²) in [6.07, 6.45) is 5.47. The number of carbonyl (C=O) groups excluding carboxylic acids is 1. The second kappa shape index (κ2) is 6.83. The van der Waals surface area contributed by atoms with Gasteiger partial charge in [0.15, 0.2) is 0 Å². The first kappa shape index (κ1) is 16.2. The maximum Gasteiger partial charge on any atom is 0.270 e. The van der Waals surface area contributed by atoms with E-state index in [1.54, 1.807) is 0 Å². The molecule has 1 amide bonds. The molecular formula is C17H26N4O2. The van der Waals surface area contributed by atoms with Crippen molar-refractivity contribution in [3.05, 3.63) is 17.1 Å². The molecule has 1 aliphatic carbocycles. The Morgan fingerprint density at radius 3 is 2.78 bits per heavy atom. The van der Waals surface area contributed by atoms with Crippen molar-refractivity contribution in [1.29, 1.82) is 0 Å². The number of hydrogen-bond donors (Lipinski definition) is 3. The first-order chi connectivity index (χ1) is 11.1. The summed E-state index contributed by atoms with van der Waals surface area (Å²) in [5.74, 6) is 1.43. The molecule has 2 atom stereocenters. The molecule has 0 saturated heterocycles. The molecule has 2 aliphatic rings. The maximum absolute atomic E-state index is 12.1. The highest BCUT2D eigenvalue weighted by Gasteiger charge is 2.28. The van der Waals surface area contributed by atoms with Crippen LogP contribution in [-0.2, 0) is 6.42 Å². The molecule has 6 nitrogen and oxygen atoms in total. The van der Waals surface area contributed by atoms with Gasteiger partial charge in [-0.2, -0.15) is 0 Å². The van der Waals surface area contributed by atoms with E-state index in [1.807, 2.05) is 13.8 Å². The van der Waals surface area contributed by atoms with Crippen LogP contribution in [0.25, 0.3) is 0 Å². The summed E-state index contributed by atoms with van der Waals surface area (Å²) >= 11 is 0. The molecule has 1 saturated carbocycles. The van der Waals surface area contributed by atoms with Gasteiger partial charge < -0.3 is 15.7 Å². The Hall–Kier alpha value is -1.69. The summed E-state index contributed by atoms with van der Waals surface area (Å²) < 4.78 is 0.